The lowest BCUT2D eigenvalue weighted by molar-refractivity contribution is 0.102. The van der Waals surface area contributed by atoms with Crippen LogP contribution < -0.4 is 5.32 Å². The van der Waals surface area contributed by atoms with Gasteiger partial charge in [-0.3, -0.25) is 9.48 Å². The van der Waals surface area contributed by atoms with Crippen LogP contribution in [-0.2, 0) is 7.05 Å². The number of amides is 1. The minimum Gasteiger partial charge on any atom is -0.322 e. The molecule has 1 aromatic heterocycles. The van der Waals surface area contributed by atoms with Crippen molar-refractivity contribution in [3.8, 4) is 0 Å². The van der Waals surface area contributed by atoms with E-state index in [1.165, 1.54) is 24.8 Å². The van der Waals surface area contributed by atoms with E-state index in [1.807, 2.05) is 26.1 Å². The van der Waals surface area contributed by atoms with Crippen molar-refractivity contribution in [1.29, 1.82) is 0 Å². The van der Waals surface area contributed by atoms with Crippen molar-refractivity contribution in [3.63, 3.8) is 0 Å². The van der Waals surface area contributed by atoms with E-state index >= 15 is 0 Å². The fraction of sp³-hybridized carbons (Fsp3) is 0.474. The summed E-state index contributed by atoms with van der Waals surface area (Å²) in [5.41, 5.74) is 4.21. The molecule has 1 amide bonds. The molecule has 4 rings (SSSR count). The summed E-state index contributed by atoms with van der Waals surface area (Å²) < 4.78 is 1.68. The zero-order valence-corrected chi connectivity index (χ0v) is 14.0. The number of aromatic nitrogens is 2. The van der Waals surface area contributed by atoms with Crippen molar-refractivity contribution < 1.29 is 4.79 Å². The molecule has 2 atom stereocenters. The number of carbonyl (C=O) groups excluding carboxylic acids is 1. The molecule has 0 saturated heterocycles. The predicted molar refractivity (Wildman–Crippen MR) is 90.5 cm³/mol. The van der Waals surface area contributed by atoms with Gasteiger partial charge in [0.05, 0.1) is 11.3 Å². The number of nitrogens with zero attached hydrogens (tertiary/aromatic N) is 2. The van der Waals surface area contributed by atoms with E-state index in [0.717, 1.165) is 17.3 Å². The minimum absolute atomic E-state index is 0.0714. The number of hydrogen-bond donors (Lipinski definition) is 1. The molecule has 120 valence electrons. The lowest BCUT2D eigenvalue weighted by Gasteiger charge is -2.12. The first-order valence-electron chi connectivity index (χ1n) is 8.38. The summed E-state index contributed by atoms with van der Waals surface area (Å²) in [6.45, 7) is 4.27. The molecule has 2 aliphatic carbocycles. The quantitative estimate of drug-likeness (QED) is 0.931. The molecule has 2 aliphatic rings. The highest BCUT2D eigenvalue weighted by atomic mass is 16.1. The second kappa shape index (κ2) is 4.95. The van der Waals surface area contributed by atoms with Crippen LogP contribution in [0.3, 0.4) is 0 Å². The number of para-hydroxylation sites is 1. The highest BCUT2D eigenvalue weighted by Crippen LogP contribution is 2.67. The van der Waals surface area contributed by atoms with Crippen LogP contribution in [0.25, 0.3) is 0 Å². The molecule has 4 nitrogen and oxygen atoms in total. The molecule has 1 aromatic carbocycles. The molecule has 2 aromatic rings. The Morgan fingerprint density at radius 2 is 2.09 bits per heavy atom. The number of nitrogens with one attached hydrogen (secondary N) is 1. The van der Waals surface area contributed by atoms with Crippen molar-refractivity contribution in [2.75, 3.05) is 5.32 Å². The topological polar surface area (TPSA) is 46.9 Å². The fourth-order valence-corrected chi connectivity index (χ4v) is 3.82. The van der Waals surface area contributed by atoms with Gasteiger partial charge in [0.2, 0.25) is 0 Å². The van der Waals surface area contributed by atoms with Gasteiger partial charge in [-0.05, 0) is 55.1 Å². The summed E-state index contributed by atoms with van der Waals surface area (Å²) in [7, 11) is 1.84. The van der Waals surface area contributed by atoms with Gasteiger partial charge < -0.3 is 5.32 Å². The molecule has 4 heteroatoms. The Morgan fingerprint density at radius 1 is 1.35 bits per heavy atom. The Hall–Kier alpha value is -2.10. The molecule has 2 fully saturated rings. The average Bonchev–Trinajstić information content (AvgIpc) is 3.41. The normalized spacial score (nSPS) is 24.3. The fourth-order valence-electron chi connectivity index (χ4n) is 3.82. The van der Waals surface area contributed by atoms with Gasteiger partial charge in [-0.2, -0.15) is 5.10 Å². The molecule has 0 aliphatic heterocycles. The van der Waals surface area contributed by atoms with Crippen molar-refractivity contribution >= 4 is 11.6 Å². The van der Waals surface area contributed by atoms with Crippen molar-refractivity contribution in [1.82, 2.24) is 9.78 Å². The summed E-state index contributed by atoms with van der Waals surface area (Å²) in [6.07, 6.45) is 5.75. The largest absolute Gasteiger partial charge is 0.322 e. The van der Waals surface area contributed by atoms with E-state index in [2.05, 4.69) is 29.5 Å². The average molecular weight is 309 g/mol. The monoisotopic (exact) mass is 309 g/mol. The molecule has 1 heterocycles. The molecule has 0 spiro atoms. The SMILES string of the molecule is Cc1nn(C)cc1C(=O)Nc1ccccc1[C@@H]1CC1C1(C)CC1. The van der Waals surface area contributed by atoms with E-state index in [1.54, 1.807) is 10.9 Å². The van der Waals surface area contributed by atoms with Crippen molar-refractivity contribution in [2.24, 2.45) is 18.4 Å². The number of hydrogen-bond acceptors (Lipinski definition) is 2. The minimum atomic E-state index is -0.0714. The molecule has 0 bridgehead atoms. The third-order valence-electron chi connectivity index (χ3n) is 5.59. The molecular formula is C19H23N3O. The smallest absolute Gasteiger partial charge is 0.259 e. The maximum absolute atomic E-state index is 12.6. The highest BCUT2D eigenvalue weighted by molar-refractivity contribution is 6.05. The standard InChI is InChI=1S/C19H23N3O/c1-12-15(11-22(3)21-12)18(23)20-17-7-5-4-6-13(17)14-10-16(14)19(2)8-9-19/h4-7,11,14,16H,8-10H2,1-3H3,(H,20,23)/t14-,16?/m0/s1. The van der Waals surface area contributed by atoms with Crippen molar-refractivity contribution in [2.45, 2.75) is 39.0 Å². The van der Waals surface area contributed by atoms with Gasteiger partial charge >= 0.3 is 0 Å². The van der Waals surface area contributed by atoms with E-state index in [0.29, 0.717) is 16.9 Å². The van der Waals surface area contributed by atoms with E-state index in [9.17, 15) is 4.79 Å². The predicted octanol–water partition coefficient (Wildman–Crippen LogP) is 3.88. The van der Waals surface area contributed by atoms with Crippen LogP contribution in [0.1, 0.15) is 53.7 Å². The Balaban J connectivity index is 1.56. The molecular weight excluding hydrogens is 286 g/mol. The van der Waals surface area contributed by atoms with Crippen LogP contribution in [0.2, 0.25) is 0 Å². The van der Waals surface area contributed by atoms with Gasteiger partial charge in [-0.25, -0.2) is 0 Å². The number of benzene rings is 1. The third-order valence-corrected chi connectivity index (χ3v) is 5.59. The summed E-state index contributed by atoms with van der Waals surface area (Å²) in [5.74, 6) is 1.33. The van der Waals surface area contributed by atoms with Crippen LogP contribution in [0, 0.1) is 18.3 Å². The highest BCUT2D eigenvalue weighted by Gasteiger charge is 2.56. The maximum atomic E-state index is 12.6. The Kier molecular flexibility index (Phi) is 3.12. The lowest BCUT2D eigenvalue weighted by atomic mass is 9.97. The van der Waals surface area contributed by atoms with Gasteiger partial charge in [0, 0.05) is 18.9 Å². The zero-order chi connectivity index (χ0) is 16.2. The van der Waals surface area contributed by atoms with E-state index in [-0.39, 0.29) is 5.91 Å². The van der Waals surface area contributed by atoms with Gasteiger partial charge in [0.1, 0.15) is 0 Å². The third kappa shape index (κ3) is 2.56. The number of rotatable bonds is 4. The van der Waals surface area contributed by atoms with Crippen LogP contribution in [0.4, 0.5) is 5.69 Å². The van der Waals surface area contributed by atoms with Crippen LogP contribution in [-0.4, -0.2) is 15.7 Å². The Bertz CT molecular complexity index is 773. The van der Waals surface area contributed by atoms with Gasteiger partial charge in [0.15, 0.2) is 0 Å². The number of aryl methyl sites for hydroxylation is 2. The second-order valence-electron chi connectivity index (χ2n) is 7.45. The van der Waals surface area contributed by atoms with E-state index < -0.39 is 0 Å². The zero-order valence-electron chi connectivity index (χ0n) is 14.0. The molecule has 1 N–H and O–H groups in total. The van der Waals surface area contributed by atoms with Gasteiger partial charge in [0.25, 0.3) is 5.91 Å². The Morgan fingerprint density at radius 3 is 2.74 bits per heavy atom. The van der Waals surface area contributed by atoms with E-state index in [4.69, 9.17) is 0 Å². The molecule has 2 saturated carbocycles. The summed E-state index contributed by atoms with van der Waals surface area (Å²) >= 11 is 0. The number of anilines is 1. The number of carbonyl (C=O) groups is 1. The first kappa shape index (κ1) is 14.5. The summed E-state index contributed by atoms with van der Waals surface area (Å²) in [6, 6.07) is 8.25. The van der Waals surface area contributed by atoms with Gasteiger partial charge in [-0.1, -0.05) is 25.1 Å². The van der Waals surface area contributed by atoms with Crippen molar-refractivity contribution in [3.05, 3.63) is 47.3 Å². The Labute approximate surface area is 136 Å². The molecule has 0 radical (unpaired) electrons. The van der Waals surface area contributed by atoms with Crippen LogP contribution in [0.15, 0.2) is 30.5 Å². The summed E-state index contributed by atoms with van der Waals surface area (Å²) in [5, 5.41) is 7.35. The first-order chi connectivity index (χ1) is 11.0. The van der Waals surface area contributed by atoms with Gasteiger partial charge in [-0.15, -0.1) is 0 Å². The molecule has 23 heavy (non-hydrogen) atoms. The first-order valence-corrected chi connectivity index (χ1v) is 8.38. The van der Waals surface area contributed by atoms with Crippen LogP contribution in [0.5, 0.6) is 0 Å². The molecule has 1 unspecified atom stereocenters. The summed E-state index contributed by atoms with van der Waals surface area (Å²) in [4.78, 5) is 12.6. The second-order valence-corrected chi connectivity index (χ2v) is 7.45. The maximum Gasteiger partial charge on any atom is 0.259 e. The lowest BCUT2D eigenvalue weighted by Crippen LogP contribution is -2.14. The van der Waals surface area contributed by atoms with Crippen LogP contribution >= 0.6 is 0 Å².